The number of esters is 1. The number of nitrogens with two attached hydrogens (primary N) is 1. The van der Waals surface area contributed by atoms with Crippen molar-refractivity contribution in [2.75, 3.05) is 12.3 Å². The van der Waals surface area contributed by atoms with Gasteiger partial charge in [0.05, 0.1) is 12.2 Å². The van der Waals surface area contributed by atoms with E-state index in [9.17, 15) is 4.79 Å². The number of nitrogen functional groups attached to an aromatic ring is 1. The Balaban J connectivity index is 1.93. The van der Waals surface area contributed by atoms with Crippen LogP contribution in [-0.4, -0.2) is 12.6 Å². The molecule has 0 saturated carbocycles. The van der Waals surface area contributed by atoms with E-state index in [-0.39, 0.29) is 5.97 Å². The van der Waals surface area contributed by atoms with Gasteiger partial charge in [-0.3, -0.25) is 0 Å². The average molecular weight is 261 g/mol. The number of ether oxygens (including phenoxy) is 1. The van der Waals surface area contributed by atoms with Crippen molar-refractivity contribution in [1.82, 2.24) is 0 Å². The molecule has 0 fully saturated rings. The molecule has 94 valence electrons. The molecule has 2 N–H and O–H groups in total. The van der Waals surface area contributed by atoms with E-state index in [1.165, 1.54) is 5.56 Å². The van der Waals surface area contributed by atoms with E-state index in [4.69, 9.17) is 10.5 Å². The minimum Gasteiger partial charge on any atom is -0.462 e. The third kappa shape index (κ3) is 3.11. The van der Waals surface area contributed by atoms with Gasteiger partial charge in [0.25, 0.3) is 0 Å². The maximum atomic E-state index is 11.9. The summed E-state index contributed by atoms with van der Waals surface area (Å²) >= 11 is 1.64. The van der Waals surface area contributed by atoms with Crippen molar-refractivity contribution in [3.63, 3.8) is 0 Å². The van der Waals surface area contributed by atoms with Gasteiger partial charge in [0.2, 0.25) is 0 Å². The first-order valence-electron chi connectivity index (χ1n) is 5.71. The van der Waals surface area contributed by atoms with Crippen molar-refractivity contribution in [3.05, 3.63) is 51.7 Å². The van der Waals surface area contributed by atoms with Crippen LogP contribution in [-0.2, 0) is 11.2 Å². The second kappa shape index (κ2) is 5.69. The van der Waals surface area contributed by atoms with Gasteiger partial charge in [0, 0.05) is 12.1 Å². The molecule has 3 nitrogen and oxygen atoms in total. The number of aryl methyl sites for hydroxylation is 1. The summed E-state index contributed by atoms with van der Waals surface area (Å²) < 4.78 is 5.25. The highest BCUT2D eigenvalue weighted by atomic mass is 32.1. The summed E-state index contributed by atoms with van der Waals surface area (Å²) in [7, 11) is 0. The van der Waals surface area contributed by atoms with Crippen LogP contribution < -0.4 is 5.73 Å². The maximum absolute atomic E-state index is 11.9. The zero-order valence-electron chi connectivity index (χ0n) is 10.2. The van der Waals surface area contributed by atoms with Crippen molar-refractivity contribution < 1.29 is 9.53 Å². The van der Waals surface area contributed by atoms with Crippen molar-refractivity contribution >= 4 is 23.0 Å². The number of rotatable bonds is 4. The molecule has 0 aliphatic heterocycles. The Kier molecular flexibility index (Phi) is 3.99. The minimum absolute atomic E-state index is 0.310. The Hall–Kier alpha value is -1.81. The smallest absolute Gasteiger partial charge is 0.338 e. The van der Waals surface area contributed by atoms with Crippen LogP contribution in [0.1, 0.15) is 21.5 Å². The number of benzene rings is 1. The highest BCUT2D eigenvalue weighted by Gasteiger charge is 2.10. The fourth-order valence-electron chi connectivity index (χ4n) is 1.63. The molecule has 0 saturated heterocycles. The van der Waals surface area contributed by atoms with Crippen molar-refractivity contribution in [1.29, 1.82) is 0 Å². The highest BCUT2D eigenvalue weighted by molar-refractivity contribution is 7.07. The second-order valence-corrected chi connectivity index (χ2v) is 4.87. The minimum atomic E-state index is -0.310. The molecule has 1 aromatic heterocycles. The van der Waals surface area contributed by atoms with Crippen LogP contribution in [0, 0.1) is 6.92 Å². The van der Waals surface area contributed by atoms with E-state index in [0.29, 0.717) is 17.9 Å². The third-order valence-corrected chi connectivity index (χ3v) is 3.42. The standard InChI is InChI=1S/C14H15NO2S/c1-10-2-3-12(15)8-13(10)14(16)17-6-4-11-5-7-18-9-11/h2-3,5,7-9H,4,6,15H2,1H3. The van der Waals surface area contributed by atoms with E-state index in [1.54, 1.807) is 23.5 Å². The molecule has 4 heteroatoms. The molecule has 0 radical (unpaired) electrons. The predicted molar refractivity (Wildman–Crippen MR) is 73.9 cm³/mol. The Morgan fingerprint density at radius 1 is 1.39 bits per heavy atom. The third-order valence-electron chi connectivity index (χ3n) is 2.69. The summed E-state index contributed by atoms with van der Waals surface area (Å²) in [6.45, 7) is 2.26. The first-order chi connectivity index (χ1) is 8.66. The van der Waals surface area contributed by atoms with Gasteiger partial charge < -0.3 is 10.5 Å². The fourth-order valence-corrected chi connectivity index (χ4v) is 2.34. The van der Waals surface area contributed by atoms with E-state index in [0.717, 1.165) is 12.0 Å². The topological polar surface area (TPSA) is 52.3 Å². The molecule has 2 rings (SSSR count). The molecule has 0 aliphatic carbocycles. The molecular formula is C14H15NO2S. The van der Waals surface area contributed by atoms with Crippen LogP contribution in [0.2, 0.25) is 0 Å². The van der Waals surface area contributed by atoms with Gasteiger partial charge in [-0.1, -0.05) is 6.07 Å². The van der Waals surface area contributed by atoms with Gasteiger partial charge >= 0.3 is 5.97 Å². The lowest BCUT2D eigenvalue weighted by molar-refractivity contribution is 0.0508. The van der Waals surface area contributed by atoms with Crippen molar-refractivity contribution in [2.24, 2.45) is 0 Å². The van der Waals surface area contributed by atoms with Gasteiger partial charge in [0.15, 0.2) is 0 Å². The van der Waals surface area contributed by atoms with Crippen LogP contribution in [0.4, 0.5) is 5.69 Å². The van der Waals surface area contributed by atoms with Crippen molar-refractivity contribution in [3.8, 4) is 0 Å². The van der Waals surface area contributed by atoms with Gasteiger partial charge in [-0.05, 0) is 47.0 Å². The van der Waals surface area contributed by atoms with Gasteiger partial charge in [0.1, 0.15) is 0 Å². The number of hydrogen-bond acceptors (Lipinski definition) is 4. The Bertz CT molecular complexity index is 535. The number of hydrogen-bond donors (Lipinski definition) is 1. The van der Waals surface area contributed by atoms with Gasteiger partial charge in [-0.15, -0.1) is 0 Å². The number of carbonyl (C=O) groups is 1. The molecule has 0 aliphatic rings. The average Bonchev–Trinajstić information content (AvgIpc) is 2.85. The summed E-state index contributed by atoms with van der Waals surface area (Å²) in [5.74, 6) is -0.310. The lowest BCUT2D eigenvalue weighted by Gasteiger charge is -2.07. The first-order valence-corrected chi connectivity index (χ1v) is 6.65. The Morgan fingerprint density at radius 3 is 2.94 bits per heavy atom. The molecule has 0 amide bonds. The van der Waals surface area contributed by atoms with Crippen LogP contribution in [0.3, 0.4) is 0 Å². The van der Waals surface area contributed by atoms with Gasteiger partial charge in [-0.25, -0.2) is 4.79 Å². The zero-order valence-corrected chi connectivity index (χ0v) is 11.0. The highest BCUT2D eigenvalue weighted by Crippen LogP contribution is 2.14. The molecular weight excluding hydrogens is 246 g/mol. The predicted octanol–water partition coefficient (Wildman–Crippen LogP) is 3.04. The fraction of sp³-hybridized carbons (Fsp3) is 0.214. The number of carbonyl (C=O) groups excluding carboxylic acids is 1. The molecule has 18 heavy (non-hydrogen) atoms. The molecule has 2 aromatic rings. The van der Waals surface area contributed by atoms with E-state index >= 15 is 0 Å². The normalized spacial score (nSPS) is 10.3. The molecule has 1 heterocycles. The second-order valence-electron chi connectivity index (χ2n) is 4.09. The van der Waals surface area contributed by atoms with Crippen molar-refractivity contribution in [2.45, 2.75) is 13.3 Å². The summed E-state index contributed by atoms with van der Waals surface area (Å²) in [6.07, 6.45) is 0.747. The molecule has 1 aromatic carbocycles. The van der Waals surface area contributed by atoms with Crippen LogP contribution >= 0.6 is 11.3 Å². The largest absolute Gasteiger partial charge is 0.462 e. The number of anilines is 1. The zero-order chi connectivity index (χ0) is 13.0. The molecule has 0 spiro atoms. The first kappa shape index (κ1) is 12.6. The Morgan fingerprint density at radius 2 is 2.22 bits per heavy atom. The summed E-state index contributed by atoms with van der Waals surface area (Å²) in [5.41, 5.74) is 8.85. The van der Waals surface area contributed by atoms with Crippen LogP contribution in [0.5, 0.6) is 0 Å². The van der Waals surface area contributed by atoms with E-state index in [2.05, 4.69) is 5.38 Å². The summed E-state index contributed by atoms with van der Waals surface area (Å²) in [4.78, 5) is 11.9. The summed E-state index contributed by atoms with van der Waals surface area (Å²) in [5, 5.41) is 4.07. The lowest BCUT2D eigenvalue weighted by atomic mass is 10.1. The van der Waals surface area contributed by atoms with E-state index in [1.807, 2.05) is 24.4 Å². The van der Waals surface area contributed by atoms with Crippen LogP contribution in [0.15, 0.2) is 35.0 Å². The molecule has 0 bridgehead atoms. The Labute approximate surface area is 110 Å². The van der Waals surface area contributed by atoms with E-state index < -0.39 is 0 Å². The van der Waals surface area contributed by atoms with Gasteiger partial charge in [-0.2, -0.15) is 11.3 Å². The maximum Gasteiger partial charge on any atom is 0.338 e. The lowest BCUT2D eigenvalue weighted by Crippen LogP contribution is -2.10. The summed E-state index contributed by atoms with van der Waals surface area (Å²) in [6, 6.07) is 7.29. The molecule has 0 unspecified atom stereocenters. The van der Waals surface area contributed by atoms with Crippen LogP contribution in [0.25, 0.3) is 0 Å². The SMILES string of the molecule is Cc1ccc(N)cc1C(=O)OCCc1ccsc1. The monoisotopic (exact) mass is 261 g/mol. The quantitative estimate of drug-likeness (QED) is 0.680. The number of thiophene rings is 1. The molecule has 0 atom stereocenters.